The van der Waals surface area contributed by atoms with Gasteiger partial charge in [0.2, 0.25) is 0 Å². The van der Waals surface area contributed by atoms with E-state index in [1.165, 1.54) is 0 Å². The van der Waals surface area contributed by atoms with Crippen LogP contribution >= 0.6 is 0 Å². The second-order valence-electron chi connectivity index (χ2n) is 4.09. The summed E-state index contributed by atoms with van der Waals surface area (Å²) < 4.78 is 22.7. The zero-order valence-electron chi connectivity index (χ0n) is 8.15. The summed E-state index contributed by atoms with van der Waals surface area (Å²) in [6, 6.07) is -0.153. The van der Waals surface area contributed by atoms with Gasteiger partial charge in [0.05, 0.1) is 11.5 Å². The second kappa shape index (κ2) is 3.77. The van der Waals surface area contributed by atoms with Gasteiger partial charge in [-0.05, 0) is 0 Å². The predicted octanol–water partition coefficient (Wildman–Crippen LogP) is -1.98. The standard InChI is InChI=1S/C8H17N3O2S/c9-7-5-14(12,13)6-8(7)11-3-1-10-2-4-11/h7-8,10H,1-6,9H2. The van der Waals surface area contributed by atoms with Gasteiger partial charge in [0.25, 0.3) is 0 Å². The number of nitrogens with zero attached hydrogens (tertiary/aromatic N) is 1. The van der Waals surface area contributed by atoms with Gasteiger partial charge in [0.1, 0.15) is 0 Å². The van der Waals surface area contributed by atoms with Gasteiger partial charge in [-0.1, -0.05) is 0 Å². The molecule has 2 atom stereocenters. The third kappa shape index (κ3) is 2.08. The number of rotatable bonds is 1. The molecule has 2 aliphatic rings. The minimum Gasteiger partial charge on any atom is -0.325 e. The maximum absolute atomic E-state index is 11.4. The Morgan fingerprint density at radius 2 is 1.86 bits per heavy atom. The van der Waals surface area contributed by atoms with Crippen molar-refractivity contribution in [3.05, 3.63) is 0 Å². The van der Waals surface area contributed by atoms with Gasteiger partial charge in [-0.25, -0.2) is 8.42 Å². The van der Waals surface area contributed by atoms with Crippen LogP contribution in [0.25, 0.3) is 0 Å². The highest BCUT2D eigenvalue weighted by atomic mass is 32.2. The van der Waals surface area contributed by atoms with Crippen molar-refractivity contribution in [2.24, 2.45) is 5.73 Å². The summed E-state index contributed by atoms with van der Waals surface area (Å²) >= 11 is 0. The minimum atomic E-state index is -2.88. The largest absolute Gasteiger partial charge is 0.325 e. The Labute approximate surface area is 84.6 Å². The molecule has 0 amide bonds. The Morgan fingerprint density at radius 1 is 1.21 bits per heavy atom. The Balaban J connectivity index is 2.04. The van der Waals surface area contributed by atoms with Gasteiger partial charge in [-0.15, -0.1) is 0 Å². The van der Waals surface area contributed by atoms with Crippen LogP contribution in [0.4, 0.5) is 0 Å². The molecule has 2 aliphatic heterocycles. The summed E-state index contributed by atoms with van der Waals surface area (Å²) in [6.45, 7) is 3.69. The van der Waals surface area contributed by atoms with Crippen molar-refractivity contribution < 1.29 is 8.42 Å². The molecule has 82 valence electrons. The molecule has 0 bridgehead atoms. The Kier molecular flexibility index (Phi) is 2.79. The van der Waals surface area contributed by atoms with Crippen LogP contribution in [0.5, 0.6) is 0 Å². The molecule has 0 aliphatic carbocycles. The van der Waals surface area contributed by atoms with E-state index in [0.717, 1.165) is 26.2 Å². The fraction of sp³-hybridized carbons (Fsp3) is 1.00. The summed E-state index contributed by atoms with van der Waals surface area (Å²) in [5.74, 6) is 0.399. The first kappa shape index (κ1) is 10.4. The van der Waals surface area contributed by atoms with Crippen molar-refractivity contribution in [2.75, 3.05) is 37.7 Å². The lowest BCUT2D eigenvalue weighted by atomic mass is 10.1. The SMILES string of the molecule is NC1CS(=O)(=O)CC1N1CCNCC1. The molecule has 0 saturated carbocycles. The third-order valence-corrected chi connectivity index (χ3v) is 4.73. The first-order valence-electron chi connectivity index (χ1n) is 4.99. The Hall–Kier alpha value is -0.170. The van der Waals surface area contributed by atoms with Crippen LogP contribution in [0.2, 0.25) is 0 Å². The normalized spacial score (nSPS) is 38.6. The molecule has 3 N–H and O–H groups in total. The zero-order chi connectivity index (χ0) is 10.2. The van der Waals surface area contributed by atoms with E-state index in [1.807, 2.05) is 0 Å². The van der Waals surface area contributed by atoms with E-state index in [2.05, 4.69) is 10.2 Å². The first-order chi connectivity index (χ1) is 6.58. The van der Waals surface area contributed by atoms with Crippen LogP contribution < -0.4 is 11.1 Å². The summed E-state index contributed by atoms with van der Waals surface area (Å²) in [7, 11) is -2.88. The summed E-state index contributed by atoms with van der Waals surface area (Å²) in [6.07, 6.45) is 0. The van der Waals surface area contributed by atoms with E-state index in [1.54, 1.807) is 0 Å². The predicted molar refractivity (Wildman–Crippen MR) is 54.9 cm³/mol. The fourth-order valence-corrected chi connectivity index (χ4v) is 4.17. The molecule has 0 spiro atoms. The molecule has 0 aromatic carbocycles. The van der Waals surface area contributed by atoms with Gasteiger partial charge >= 0.3 is 0 Å². The Morgan fingerprint density at radius 3 is 2.36 bits per heavy atom. The quantitative estimate of drug-likeness (QED) is 0.534. The number of hydrogen-bond donors (Lipinski definition) is 2. The number of piperazine rings is 1. The molecular weight excluding hydrogens is 202 g/mol. The van der Waals surface area contributed by atoms with Crippen molar-refractivity contribution in [2.45, 2.75) is 12.1 Å². The molecule has 2 saturated heterocycles. The molecule has 2 heterocycles. The summed E-state index contributed by atoms with van der Waals surface area (Å²) in [5, 5.41) is 3.24. The molecule has 2 unspecified atom stereocenters. The van der Waals surface area contributed by atoms with Crippen molar-refractivity contribution in [1.29, 1.82) is 0 Å². The highest BCUT2D eigenvalue weighted by Gasteiger charge is 2.38. The van der Waals surface area contributed by atoms with Crippen LogP contribution in [0, 0.1) is 0 Å². The van der Waals surface area contributed by atoms with E-state index >= 15 is 0 Å². The van der Waals surface area contributed by atoms with Gasteiger partial charge < -0.3 is 11.1 Å². The number of hydrogen-bond acceptors (Lipinski definition) is 5. The molecule has 5 nitrogen and oxygen atoms in total. The average molecular weight is 219 g/mol. The van der Waals surface area contributed by atoms with Gasteiger partial charge in [-0.2, -0.15) is 0 Å². The van der Waals surface area contributed by atoms with E-state index in [9.17, 15) is 8.42 Å². The van der Waals surface area contributed by atoms with Crippen molar-refractivity contribution >= 4 is 9.84 Å². The van der Waals surface area contributed by atoms with Crippen LogP contribution in [0.15, 0.2) is 0 Å². The number of nitrogens with one attached hydrogen (secondary N) is 1. The molecule has 0 radical (unpaired) electrons. The fourth-order valence-electron chi connectivity index (χ4n) is 2.25. The summed E-state index contributed by atoms with van der Waals surface area (Å²) in [4.78, 5) is 2.20. The molecule has 14 heavy (non-hydrogen) atoms. The third-order valence-electron chi connectivity index (χ3n) is 2.99. The van der Waals surface area contributed by atoms with E-state index in [4.69, 9.17) is 5.73 Å². The van der Waals surface area contributed by atoms with Gasteiger partial charge in [0, 0.05) is 38.3 Å². The van der Waals surface area contributed by atoms with Crippen molar-refractivity contribution in [3.63, 3.8) is 0 Å². The molecule has 0 aromatic heterocycles. The maximum atomic E-state index is 11.4. The Bertz CT molecular complexity index is 298. The van der Waals surface area contributed by atoms with E-state index in [0.29, 0.717) is 0 Å². The van der Waals surface area contributed by atoms with E-state index < -0.39 is 9.84 Å². The highest BCUT2D eigenvalue weighted by Crippen LogP contribution is 2.17. The molecule has 2 rings (SSSR count). The van der Waals surface area contributed by atoms with E-state index in [-0.39, 0.29) is 23.6 Å². The van der Waals surface area contributed by atoms with Crippen LogP contribution in [0.3, 0.4) is 0 Å². The van der Waals surface area contributed by atoms with Gasteiger partial charge in [-0.3, -0.25) is 4.90 Å². The van der Waals surface area contributed by atoms with Crippen molar-refractivity contribution in [1.82, 2.24) is 10.2 Å². The average Bonchev–Trinajstić information content (AvgIpc) is 2.41. The molecule has 6 heteroatoms. The van der Waals surface area contributed by atoms with Crippen LogP contribution in [-0.4, -0.2) is 63.1 Å². The smallest absolute Gasteiger partial charge is 0.153 e. The lowest BCUT2D eigenvalue weighted by Gasteiger charge is -2.33. The van der Waals surface area contributed by atoms with Crippen LogP contribution in [0.1, 0.15) is 0 Å². The molecule has 2 fully saturated rings. The number of nitrogens with two attached hydrogens (primary N) is 1. The van der Waals surface area contributed by atoms with Crippen LogP contribution in [-0.2, 0) is 9.84 Å². The second-order valence-corrected chi connectivity index (χ2v) is 6.25. The van der Waals surface area contributed by atoms with Crippen molar-refractivity contribution in [3.8, 4) is 0 Å². The summed E-state index contributed by atoms with van der Waals surface area (Å²) in [5.41, 5.74) is 5.84. The topological polar surface area (TPSA) is 75.4 Å². The lowest BCUT2D eigenvalue weighted by molar-refractivity contribution is 0.176. The first-order valence-corrected chi connectivity index (χ1v) is 6.81. The molecular formula is C8H17N3O2S. The number of sulfone groups is 1. The zero-order valence-corrected chi connectivity index (χ0v) is 8.96. The monoisotopic (exact) mass is 219 g/mol. The van der Waals surface area contributed by atoms with Gasteiger partial charge in [0.15, 0.2) is 9.84 Å². The maximum Gasteiger partial charge on any atom is 0.153 e. The molecule has 0 aromatic rings. The lowest BCUT2D eigenvalue weighted by Crippen LogP contribution is -2.54. The minimum absolute atomic E-state index is 0.0436. The highest BCUT2D eigenvalue weighted by molar-refractivity contribution is 7.91.